The first kappa shape index (κ1) is 22.4. The summed E-state index contributed by atoms with van der Waals surface area (Å²) >= 11 is 0. The van der Waals surface area contributed by atoms with E-state index in [1.165, 1.54) is 0 Å². The first-order valence-electron chi connectivity index (χ1n) is 11.7. The van der Waals surface area contributed by atoms with Gasteiger partial charge >= 0.3 is 0 Å². The van der Waals surface area contributed by atoms with Crippen LogP contribution in [-0.4, -0.2) is 90.8 Å². The molecule has 10 nitrogen and oxygen atoms in total. The molecule has 0 radical (unpaired) electrons. The Morgan fingerprint density at radius 3 is 2.76 bits per heavy atom. The molecule has 2 aliphatic heterocycles. The van der Waals surface area contributed by atoms with Gasteiger partial charge in [0.1, 0.15) is 23.5 Å². The van der Waals surface area contributed by atoms with Gasteiger partial charge in [0.2, 0.25) is 0 Å². The molecule has 3 aromatic rings. The minimum absolute atomic E-state index is 0.00710. The number of hydrogen-bond donors (Lipinski definition) is 2. The zero-order chi connectivity index (χ0) is 23.5. The fourth-order valence-corrected chi connectivity index (χ4v) is 4.48. The van der Waals surface area contributed by atoms with Crippen LogP contribution >= 0.6 is 0 Å². The number of H-pyrrole nitrogens is 1. The molecular weight excluding hydrogens is 434 g/mol. The van der Waals surface area contributed by atoms with Crippen LogP contribution in [0.3, 0.4) is 0 Å². The molecule has 0 aliphatic carbocycles. The minimum Gasteiger partial charge on any atom is -0.482 e. The molecule has 1 saturated heterocycles. The van der Waals surface area contributed by atoms with Gasteiger partial charge in [0.05, 0.1) is 24.3 Å². The van der Waals surface area contributed by atoms with E-state index < -0.39 is 0 Å². The SMILES string of the molecule is CN1CCCN(C)C(=O)COc2cc(ccc2N2CCOCC2)Nc2ncnc3[nH]cc(c23)C1. The van der Waals surface area contributed by atoms with E-state index in [1.54, 1.807) is 11.2 Å². The van der Waals surface area contributed by atoms with E-state index in [0.29, 0.717) is 25.5 Å². The number of fused-ring (bicyclic) bond motifs is 2. The second kappa shape index (κ2) is 9.86. The van der Waals surface area contributed by atoms with Gasteiger partial charge in [-0.1, -0.05) is 0 Å². The van der Waals surface area contributed by atoms with Crippen LogP contribution < -0.4 is 15.0 Å². The van der Waals surface area contributed by atoms with Crippen LogP contribution in [-0.2, 0) is 16.1 Å². The second-order valence-corrected chi connectivity index (χ2v) is 8.86. The largest absolute Gasteiger partial charge is 0.482 e. The summed E-state index contributed by atoms with van der Waals surface area (Å²) in [5, 5.41) is 4.43. The van der Waals surface area contributed by atoms with E-state index in [0.717, 1.165) is 66.4 Å². The number of morpholine rings is 1. The summed E-state index contributed by atoms with van der Waals surface area (Å²) in [6.07, 6.45) is 4.42. The van der Waals surface area contributed by atoms with Gasteiger partial charge in [-0.2, -0.15) is 0 Å². The maximum Gasteiger partial charge on any atom is 0.260 e. The van der Waals surface area contributed by atoms with Gasteiger partial charge in [0.25, 0.3) is 5.91 Å². The fourth-order valence-electron chi connectivity index (χ4n) is 4.48. The highest BCUT2D eigenvalue weighted by molar-refractivity contribution is 5.92. The number of aromatic nitrogens is 3. The number of likely N-dealkylation sites (N-methyl/N-ethyl adjacent to an activating group) is 1. The molecule has 180 valence electrons. The Bertz CT molecular complexity index is 1160. The van der Waals surface area contributed by atoms with Crippen molar-refractivity contribution in [2.45, 2.75) is 13.0 Å². The van der Waals surface area contributed by atoms with E-state index >= 15 is 0 Å². The maximum absolute atomic E-state index is 12.7. The quantitative estimate of drug-likeness (QED) is 0.565. The van der Waals surface area contributed by atoms with Crippen molar-refractivity contribution in [1.29, 1.82) is 0 Å². The van der Waals surface area contributed by atoms with E-state index in [4.69, 9.17) is 9.47 Å². The number of ether oxygens (including phenoxy) is 2. The molecule has 5 rings (SSSR count). The Kier molecular flexibility index (Phi) is 6.50. The number of aromatic amines is 1. The lowest BCUT2D eigenvalue weighted by atomic mass is 10.2. The number of benzene rings is 1. The number of nitrogens with one attached hydrogen (secondary N) is 2. The molecule has 10 heteroatoms. The molecule has 0 saturated carbocycles. The standard InChI is InChI=1S/C24H31N7O3/c1-29-6-3-7-30(2)21(32)15-34-20-12-18(4-5-19(20)31-8-10-33-11-9-31)28-24-22-17(14-29)13-25-23(22)26-16-27-24/h4-5,12-13,16H,3,6-11,14-15H2,1-2H3,(H2,25,26,27,28). The first-order valence-corrected chi connectivity index (χ1v) is 11.7. The number of nitrogens with zero attached hydrogens (tertiary/aromatic N) is 5. The summed E-state index contributed by atoms with van der Waals surface area (Å²) in [7, 11) is 3.92. The van der Waals surface area contributed by atoms with Gasteiger partial charge in [0.15, 0.2) is 6.61 Å². The monoisotopic (exact) mass is 465 g/mol. The summed E-state index contributed by atoms with van der Waals surface area (Å²) in [5.41, 5.74) is 3.72. The second-order valence-electron chi connectivity index (χ2n) is 8.86. The molecule has 0 atom stereocenters. The third-order valence-corrected chi connectivity index (χ3v) is 6.38. The van der Waals surface area contributed by atoms with Crippen LogP contribution in [0.25, 0.3) is 11.0 Å². The van der Waals surface area contributed by atoms with Crippen LogP contribution in [0, 0.1) is 0 Å². The number of carbonyl (C=O) groups is 1. The Morgan fingerprint density at radius 2 is 1.91 bits per heavy atom. The van der Waals surface area contributed by atoms with Crippen LogP contribution in [0.1, 0.15) is 12.0 Å². The van der Waals surface area contributed by atoms with Crippen molar-refractivity contribution in [3.8, 4) is 5.75 Å². The molecule has 34 heavy (non-hydrogen) atoms. The maximum atomic E-state index is 12.7. The molecular formula is C24H31N7O3. The van der Waals surface area contributed by atoms with Crippen LogP contribution in [0.15, 0.2) is 30.7 Å². The van der Waals surface area contributed by atoms with Crippen LogP contribution in [0.2, 0.25) is 0 Å². The van der Waals surface area contributed by atoms with Gasteiger partial charge in [-0.25, -0.2) is 9.97 Å². The van der Waals surface area contributed by atoms with Crippen LogP contribution in [0.4, 0.5) is 17.2 Å². The lowest BCUT2D eigenvalue weighted by Crippen LogP contribution is -2.37. The van der Waals surface area contributed by atoms with Crippen LogP contribution in [0.5, 0.6) is 5.75 Å². The fraction of sp³-hybridized carbons (Fsp3) is 0.458. The number of rotatable bonds is 1. The van der Waals surface area contributed by atoms with Gasteiger partial charge < -0.3 is 34.5 Å². The number of hydrogen-bond acceptors (Lipinski definition) is 8. The van der Waals surface area contributed by atoms with E-state index in [-0.39, 0.29) is 12.5 Å². The third kappa shape index (κ3) is 4.78. The lowest BCUT2D eigenvalue weighted by Gasteiger charge is -2.30. The molecule has 2 aromatic heterocycles. The average Bonchev–Trinajstić information content (AvgIpc) is 3.26. The molecule has 2 bridgehead atoms. The normalized spacial score (nSPS) is 18.6. The molecule has 0 spiro atoms. The highest BCUT2D eigenvalue weighted by Gasteiger charge is 2.20. The molecule has 1 fully saturated rings. The smallest absolute Gasteiger partial charge is 0.260 e. The van der Waals surface area contributed by atoms with Crippen molar-refractivity contribution in [3.05, 3.63) is 36.3 Å². The van der Waals surface area contributed by atoms with Crippen molar-refractivity contribution in [1.82, 2.24) is 24.8 Å². The van der Waals surface area contributed by atoms with Gasteiger partial charge in [-0.3, -0.25) is 4.79 Å². The predicted octanol–water partition coefficient (Wildman–Crippen LogP) is 2.21. The van der Waals surface area contributed by atoms with Gasteiger partial charge in [-0.15, -0.1) is 0 Å². The number of carbonyl (C=O) groups excluding carboxylic acids is 1. The van der Waals surface area contributed by atoms with Gasteiger partial charge in [-0.05, 0) is 37.7 Å². The van der Waals surface area contributed by atoms with E-state index in [9.17, 15) is 4.79 Å². The molecule has 2 N–H and O–H groups in total. The van der Waals surface area contributed by atoms with Gasteiger partial charge in [0, 0.05) is 51.2 Å². The summed E-state index contributed by atoms with van der Waals surface area (Å²) < 4.78 is 11.6. The zero-order valence-corrected chi connectivity index (χ0v) is 19.7. The average molecular weight is 466 g/mol. The Labute approximate surface area is 198 Å². The molecule has 1 aromatic carbocycles. The Hall–Kier alpha value is -3.37. The number of amides is 1. The summed E-state index contributed by atoms with van der Waals surface area (Å²) in [6, 6.07) is 5.99. The Morgan fingerprint density at radius 1 is 1.06 bits per heavy atom. The van der Waals surface area contributed by atoms with Crippen molar-refractivity contribution in [3.63, 3.8) is 0 Å². The lowest BCUT2D eigenvalue weighted by molar-refractivity contribution is -0.132. The molecule has 2 aliphatic rings. The predicted molar refractivity (Wildman–Crippen MR) is 131 cm³/mol. The van der Waals surface area contributed by atoms with E-state index in [2.05, 4.69) is 37.1 Å². The summed E-state index contributed by atoms with van der Waals surface area (Å²) in [4.78, 5) is 31.2. The first-order chi connectivity index (χ1) is 16.6. The topological polar surface area (TPSA) is 98.8 Å². The number of anilines is 3. The molecule has 4 heterocycles. The van der Waals surface area contributed by atoms with Crippen molar-refractivity contribution >= 4 is 34.1 Å². The summed E-state index contributed by atoms with van der Waals surface area (Å²) in [5.74, 6) is 1.37. The highest BCUT2D eigenvalue weighted by Crippen LogP contribution is 2.34. The molecule has 0 unspecified atom stereocenters. The Balaban J connectivity index is 1.53. The van der Waals surface area contributed by atoms with Crippen molar-refractivity contribution in [2.75, 3.05) is 70.3 Å². The third-order valence-electron chi connectivity index (χ3n) is 6.38. The van der Waals surface area contributed by atoms with Crippen molar-refractivity contribution in [2.24, 2.45) is 0 Å². The van der Waals surface area contributed by atoms with Crippen molar-refractivity contribution < 1.29 is 14.3 Å². The zero-order valence-electron chi connectivity index (χ0n) is 19.7. The minimum atomic E-state index is -0.0357. The highest BCUT2D eigenvalue weighted by atomic mass is 16.5. The summed E-state index contributed by atoms with van der Waals surface area (Å²) in [6.45, 7) is 5.19. The van der Waals surface area contributed by atoms with E-state index in [1.807, 2.05) is 31.4 Å². The molecule has 1 amide bonds.